The largest absolute Gasteiger partial charge is 0.416 e. The Hall–Kier alpha value is -0.410. The second-order valence-corrected chi connectivity index (χ2v) is 4.51. The average molecular weight is 243 g/mol. The van der Waals surface area contributed by atoms with Gasteiger partial charge in [0.25, 0.3) is 0 Å². The quantitative estimate of drug-likeness (QED) is 0.606. The summed E-state index contributed by atoms with van der Waals surface area (Å²) >= 11 is 11.4. The van der Waals surface area contributed by atoms with Crippen LogP contribution in [0.3, 0.4) is 0 Å². The molecule has 0 aromatic heterocycles. The monoisotopic (exact) mass is 242 g/mol. The minimum atomic E-state index is -4.43. The van der Waals surface area contributed by atoms with Crippen LogP contribution in [0.15, 0.2) is 36.0 Å². The number of halogens is 5. The van der Waals surface area contributed by atoms with Crippen LogP contribution < -0.4 is 0 Å². The maximum Gasteiger partial charge on any atom is 0.416 e. The van der Waals surface area contributed by atoms with Crippen LogP contribution in [0.1, 0.15) is 6.42 Å². The third-order valence-corrected chi connectivity index (χ3v) is 2.31. The molecule has 0 radical (unpaired) electrons. The Kier molecular flexibility index (Phi) is 3.02. The SMILES string of the molecule is C=C(C1=CC=CC(Cl)(Cl)C1)C(F)(F)F. The lowest BCUT2D eigenvalue weighted by molar-refractivity contribution is -0.0892. The Balaban J connectivity index is 2.87. The minimum Gasteiger partial charge on any atom is -0.166 e. The van der Waals surface area contributed by atoms with Gasteiger partial charge in [-0.3, -0.25) is 0 Å². The van der Waals surface area contributed by atoms with E-state index >= 15 is 0 Å². The summed E-state index contributed by atoms with van der Waals surface area (Å²) in [5.74, 6) is 0. The zero-order chi connectivity index (χ0) is 11.0. The first-order valence-electron chi connectivity index (χ1n) is 3.75. The highest BCUT2D eigenvalue weighted by molar-refractivity contribution is 6.50. The molecule has 0 saturated carbocycles. The van der Waals surface area contributed by atoms with Crippen molar-refractivity contribution in [2.75, 3.05) is 0 Å². The van der Waals surface area contributed by atoms with Crippen molar-refractivity contribution >= 4 is 23.2 Å². The van der Waals surface area contributed by atoms with E-state index in [0.717, 1.165) is 0 Å². The molecule has 0 saturated heterocycles. The Morgan fingerprint density at radius 2 is 2.00 bits per heavy atom. The molecule has 14 heavy (non-hydrogen) atoms. The van der Waals surface area contributed by atoms with Gasteiger partial charge in [0.05, 0.1) is 5.57 Å². The van der Waals surface area contributed by atoms with Gasteiger partial charge in [-0.2, -0.15) is 13.2 Å². The summed E-state index contributed by atoms with van der Waals surface area (Å²) in [5, 5.41) is 0. The van der Waals surface area contributed by atoms with Crippen LogP contribution >= 0.6 is 23.2 Å². The predicted octanol–water partition coefficient (Wildman–Crippen LogP) is 4.17. The lowest BCUT2D eigenvalue weighted by Crippen LogP contribution is -2.19. The number of hydrogen-bond donors (Lipinski definition) is 0. The lowest BCUT2D eigenvalue weighted by Gasteiger charge is -2.22. The summed E-state index contributed by atoms with van der Waals surface area (Å²) in [5.41, 5.74) is -0.877. The smallest absolute Gasteiger partial charge is 0.166 e. The van der Waals surface area contributed by atoms with E-state index in [2.05, 4.69) is 6.58 Å². The summed E-state index contributed by atoms with van der Waals surface area (Å²) < 4.78 is 35.4. The Morgan fingerprint density at radius 1 is 1.43 bits per heavy atom. The third-order valence-electron chi connectivity index (χ3n) is 1.79. The Morgan fingerprint density at radius 3 is 2.43 bits per heavy atom. The maximum atomic E-state index is 12.2. The highest BCUT2D eigenvalue weighted by Gasteiger charge is 2.37. The van der Waals surface area contributed by atoms with E-state index in [1.165, 1.54) is 18.2 Å². The van der Waals surface area contributed by atoms with Gasteiger partial charge in [0.1, 0.15) is 4.33 Å². The molecule has 0 nitrogen and oxygen atoms in total. The molecule has 0 N–H and O–H groups in total. The van der Waals surface area contributed by atoms with Gasteiger partial charge in [-0.05, 0) is 11.6 Å². The van der Waals surface area contributed by atoms with Gasteiger partial charge in [0.2, 0.25) is 0 Å². The molecule has 0 aromatic rings. The van der Waals surface area contributed by atoms with E-state index in [0.29, 0.717) is 0 Å². The zero-order valence-corrected chi connectivity index (χ0v) is 8.55. The molecule has 0 amide bonds. The van der Waals surface area contributed by atoms with Crippen LogP contribution in [0.5, 0.6) is 0 Å². The van der Waals surface area contributed by atoms with Crippen molar-refractivity contribution in [3.05, 3.63) is 36.0 Å². The molecule has 78 valence electrons. The van der Waals surface area contributed by atoms with E-state index in [4.69, 9.17) is 23.2 Å². The molecule has 0 spiro atoms. The second-order valence-electron chi connectivity index (χ2n) is 2.97. The summed E-state index contributed by atoms with van der Waals surface area (Å²) in [6.45, 7) is 2.97. The van der Waals surface area contributed by atoms with Crippen LogP contribution in [0.4, 0.5) is 13.2 Å². The van der Waals surface area contributed by atoms with Crippen molar-refractivity contribution in [3.8, 4) is 0 Å². The van der Waals surface area contributed by atoms with E-state index < -0.39 is 16.1 Å². The number of rotatable bonds is 1. The van der Waals surface area contributed by atoms with Gasteiger partial charge in [-0.15, -0.1) is 0 Å². The standard InChI is InChI=1S/C9H7Cl2F3/c1-6(9(12,13)14)7-3-2-4-8(10,11)5-7/h2-4H,1,5H2. The van der Waals surface area contributed by atoms with Crippen LogP contribution in [0.25, 0.3) is 0 Å². The molecule has 0 atom stereocenters. The average Bonchev–Trinajstić information content (AvgIpc) is 1.99. The second kappa shape index (κ2) is 3.63. The number of hydrogen-bond acceptors (Lipinski definition) is 0. The van der Waals surface area contributed by atoms with Gasteiger partial charge in [-0.25, -0.2) is 0 Å². The predicted molar refractivity (Wildman–Crippen MR) is 51.5 cm³/mol. The van der Waals surface area contributed by atoms with Gasteiger partial charge in [-0.1, -0.05) is 41.9 Å². The molecule has 5 heteroatoms. The normalized spacial score (nSPS) is 20.5. The Bertz CT molecular complexity index is 311. The van der Waals surface area contributed by atoms with Crippen LogP contribution in [-0.4, -0.2) is 10.5 Å². The van der Waals surface area contributed by atoms with Crippen molar-refractivity contribution in [1.82, 2.24) is 0 Å². The molecule has 1 aliphatic carbocycles. The summed E-state index contributed by atoms with van der Waals surface area (Å²) in [7, 11) is 0. The maximum absolute atomic E-state index is 12.2. The third kappa shape index (κ3) is 2.79. The van der Waals surface area contributed by atoms with Crippen molar-refractivity contribution in [3.63, 3.8) is 0 Å². The molecule has 0 fully saturated rings. The fraction of sp³-hybridized carbons (Fsp3) is 0.333. The highest BCUT2D eigenvalue weighted by Crippen LogP contribution is 2.40. The topological polar surface area (TPSA) is 0 Å². The van der Waals surface area contributed by atoms with Gasteiger partial charge >= 0.3 is 6.18 Å². The van der Waals surface area contributed by atoms with Crippen molar-refractivity contribution in [2.24, 2.45) is 0 Å². The molecule has 0 aliphatic heterocycles. The number of allylic oxidation sites excluding steroid dienone is 5. The van der Waals surface area contributed by atoms with E-state index in [9.17, 15) is 13.2 Å². The Labute approximate surface area is 89.7 Å². The van der Waals surface area contributed by atoms with E-state index in [1.54, 1.807) is 0 Å². The zero-order valence-electron chi connectivity index (χ0n) is 7.04. The molecule has 0 bridgehead atoms. The molecule has 0 unspecified atom stereocenters. The van der Waals surface area contributed by atoms with E-state index in [-0.39, 0.29) is 12.0 Å². The van der Waals surface area contributed by atoms with Crippen LogP contribution in [0.2, 0.25) is 0 Å². The lowest BCUT2D eigenvalue weighted by atomic mass is 9.97. The van der Waals surface area contributed by atoms with Crippen molar-refractivity contribution in [2.45, 2.75) is 16.9 Å². The molecular formula is C9H7Cl2F3. The summed E-state index contributed by atoms with van der Waals surface area (Å²) in [6.07, 6.45) is -0.357. The first-order valence-corrected chi connectivity index (χ1v) is 4.51. The summed E-state index contributed by atoms with van der Waals surface area (Å²) in [6, 6.07) is 0. The van der Waals surface area contributed by atoms with Gasteiger partial charge in [0, 0.05) is 6.42 Å². The molecular weight excluding hydrogens is 236 g/mol. The van der Waals surface area contributed by atoms with Crippen molar-refractivity contribution in [1.29, 1.82) is 0 Å². The van der Waals surface area contributed by atoms with Gasteiger partial charge < -0.3 is 0 Å². The fourth-order valence-corrected chi connectivity index (χ4v) is 1.50. The molecule has 1 aliphatic rings. The first kappa shape index (κ1) is 11.7. The van der Waals surface area contributed by atoms with Crippen LogP contribution in [0, 0.1) is 0 Å². The van der Waals surface area contributed by atoms with Crippen LogP contribution in [-0.2, 0) is 0 Å². The highest BCUT2D eigenvalue weighted by atomic mass is 35.5. The number of alkyl halides is 5. The first-order chi connectivity index (χ1) is 6.22. The molecule has 1 rings (SSSR count). The molecule has 0 aromatic carbocycles. The minimum absolute atomic E-state index is 0.0185. The van der Waals surface area contributed by atoms with E-state index in [1.807, 2.05) is 0 Å². The summed E-state index contributed by atoms with van der Waals surface area (Å²) in [4.78, 5) is 0. The molecule has 0 heterocycles. The van der Waals surface area contributed by atoms with Gasteiger partial charge in [0.15, 0.2) is 0 Å². The fourth-order valence-electron chi connectivity index (χ4n) is 1.07. The van der Waals surface area contributed by atoms with Crippen molar-refractivity contribution < 1.29 is 13.2 Å².